The number of benzene rings is 1. The van der Waals surface area contributed by atoms with Crippen LogP contribution < -0.4 is 5.32 Å². The van der Waals surface area contributed by atoms with Gasteiger partial charge in [-0.05, 0) is 49.2 Å². The first-order valence-corrected chi connectivity index (χ1v) is 7.34. The van der Waals surface area contributed by atoms with E-state index in [1.54, 1.807) is 10.4 Å². The van der Waals surface area contributed by atoms with Crippen molar-refractivity contribution in [2.24, 2.45) is 0 Å². The second-order valence-electron chi connectivity index (χ2n) is 4.99. The highest BCUT2D eigenvalue weighted by Gasteiger charge is 2.29. The molecule has 1 aromatic carbocycles. The quantitative estimate of drug-likeness (QED) is 0.851. The molecule has 17 heavy (non-hydrogen) atoms. The minimum atomic E-state index is 0.846. The van der Waals surface area contributed by atoms with Crippen LogP contribution in [-0.2, 0) is 6.54 Å². The summed E-state index contributed by atoms with van der Waals surface area (Å²) in [4.78, 5) is 1.56. The van der Waals surface area contributed by atoms with E-state index < -0.39 is 0 Å². The lowest BCUT2D eigenvalue weighted by Gasteiger charge is -2.03. The van der Waals surface area contributed by atoms with Crippen molar-refractivity contribution in [2.75, 3.05) is 6.54 Å². The van der Waals surface area contributed by atoms with Gasteiger partial charge in [0.1, 0.15) is 0 Å². The molecule has 1 nitrogen and oxygen atoms in total. The van der Waals surface area contributed by atoms with Gasteiger partial charge < -0.3 is 5.32 Å². The lowest BCUT2D eigenvalue weighted by molar-refractivity contribution is 0.730. The Hall–Kier alpha value is -0.860. The van der Waals surface area contributed by atoms with E-state index in [0.717, 1.165) is 19.0 Å². The molecule has 1 N–H and O–H groups in total. The van der Waals surface area contributed by atoms with Crippen molar-refractivity contribution in [3.8, 4) is 0 Å². The number of hydrogen-bond acceptors (Lipinski definition) is 2. The van der Waals surface area contributed by atoms with Gasteiger partial charge in [0.15, 0.2) is 0 Å². The van der Waals surface area contributed by atoms with E-state index in [-0.39, 0.29) is 0 Å². The Morgan fingerprint density at radius 2 is 2.18 bits per heavy atom. The van der Waals surface area contributed by atoms with Gasteiger partial charge in [0.25, 0.3) is 0 Å². The molecule has 1 fully saturated rings. The number of aryl methyl sites for hydroxylation is 1. The lowest BCUT2D eigenvalue weighted by atomic mass is 10.0. The summed E-state index contributed by atoms with van der Waals surface area (Å²) in [6.45, 7) is 6.46. The molecule has 2 heteroatoms. The minimum absolute atomic E-state index is 0.846. The second kappa shape index (κ2) is 4.43. The molecule has 0 spiro atoms. The third kappa shape index (κ3) is 2.12. The fourth-order valence-corrected chi connectivity index (χ4v) is 3.71. The Morgan fingerprint density at radius 3 is 2.88 bits per heavy atom. The van der Waals surface area contributed by atoms with Crippen LogP contribution in [0.5, 0.6) is 0 Å². The first-order chi connectivity index (χ1) is 8.29. The van der Waals surface area contributed by atoms with Crippen molar-refractivity contribution in [3.63, 3.8) is 0 Å². The summed E-state index contributed by atoms with van der Waals surface area (Å²) in [5.74, 6) is 0.846. The molecule has 0 radical (unpaired) electrons. The van der Waals surface area contributed by atoms with Gasteiger partial charge in [0.2, 0.25) is 0 Å². The Kier molecular flexibility index (Phi) is 2.93. The van der Waals surface area contributed by atoms with Gasteiger partial charge in [-0.3, -0.25) is 0 Å². The smallest absolute Gasteiger partial charge is 0.0349 e. The van der Waals surface area contributed by atoms with E-state index in [9.17, 15) is 0 Å². The first kappa shape index (κ1) is 11.2. The number of thiophene rings is 1. The van der Waals surface area contributed by atoms with Crippen molar-refractivity contribution in [1.29, 1.82) is 0 Å². The van der Waals surface area contributed by atoms with E-state index in [1.165, 1.54) is 28.5 Å². The van der Waals surface area contributed by atoms with Crippen LogP contribution in [0.15, 0.2) is 18.2 Å². The Balaban J connectivity index is 2.10. The predicted molar refractivity (Wildman–Crippen MR) is 75.9 cm³/mol. The van der Waals surface area contributed by atoms with Crippen LogP contribution in [-0.4, -0.2) is 6.54 Å². The van der Waals surface area contributed by atoms with Gasteiger partial charge in [0, 0.05) is 16.1 Å². The maximum absolute atomic E-state index is 3.47. The number of hydrogen-bond donors (Lipinski definition) is 1. The highest BCUT2D eigenvalue weighted by atomic mass is 32.1. The fourth-order valence-electron chi connectivity index (χ4n) is 2.47. The molecule has 0 atom stereocenters. The zero-order valence-electron chi connectivity index (χ0n) is 10.5. The van der Waals surface area contributed by atoms with Gasteiger partial charge in [0.05, 0.1) is 0 Å². The summed E-state index contributed by atoms with van der Waals surface area (Å²) in [5, 5.41) is 4.99. The second-order valence-corrected chi connectivity index (χ2v) is 6.13. The topological polar surface area (TPSA) is 12.0 Å². The predicted octanol–water partition coefficient (Wildman–Crippen LogP) is 4.20. The number of fused-ring (bicyclic) bond motifs is 1. The van der Waals surface area contributed by atoms with Crippen LogP contribution in [0, 0.1) is 6.92 Å². The van der Waals surface area contributed by atoms with E-state index in [0.29, 0.717) is 0 Å². The Morgan fingerprint density at radius 1 is 1.35 bits per heavy atom. The van der Waals surface area contributed by atoms with Gasteiger partial charge >= 0.3 is 0 Å². The van der Waals surface area contributed by atoms with Gasteiger partial charge in [-0.2, -0.15) is 0 Å². The van der Waals surface area contributed by atoms with Crippen LogP contribution in [0.4, 0.5) is 0 Å². The summed E-state index contributed by atoms with van der Waals surface area (Å²) >= 11 is 1.98. The zero-order chi connectivity index (χ0) is 11.8. The van der Waals surface area contributed by atoms with E-state index in [1.807, 2.05) is 11.3 Å². The molecule has 3 rings (SSSR count). The zero-order valence-corrected chi connectivity index (χ0v) is 11.4. The third-order valence-corrected chi connectivity index (χ3v) is 4.67. The molecular weight excluding hydrogens is 226 g/mol. The largest absolute Gasteiger partial charge is 0.312 e. The average molecular weight is 245 g/mol. The third-order valence-electron chi connectivity index (χ3n) is 3.48. The highest BCUT2D eigenvalue weighted by molar-refractivity contribution is 7.19. The SMILES string of the molecule is CCNCc1sc2ccc(C)cc2c1C1CC1. The molecular formula is C15H19NS. The molecule has 1 aromatic heterocycles. The van der Waals surface area contributed by atoms with Crippen molar-refractivity contribution in [2.45, 2.75) is 39.2 Å². The van der Waals surface area contributed by atoms with E-state index in [2.05, 4.69) is 37.4 Å². The highest BCUT2D eigenvalue weighted by Crippen LogP contribution is 2.48. The molecule has 1 aliphatic rings. The molecule has 0 unspecified atom stereocenters. The minimum Gasteiger partial charge on any atom is -0.312 e. The molecule has 0 bridgehead atoms. The fraction of sp³-hybridized carbons (Fsp3) is 0.467. The van der Waals surface area contributed by atoms with Crippen LogP contribution in [0.25, 0.3) is 10.1 Å². The normalized spacial score (nSPS) is 15.6. The van der Waals surface area contributed by atoms with Crippen molar-refractivity contribution >= 4 is 21.4 Å². The van der Waals surface area contributed by atoms with Crippen molar-refractivity contribution < 1.29 is 0 Å². The maximum Gasteiger partial charge on any atom is 0.0349 e. The summed E-state index contributed by atoms with van der Waals surface area (Å²) in [6.07, 6.45) is 2.78. The Bertz CT molecular complexity index is 537. The summed E-state index contributed by atoms with van der Waals surface area (Å²) < 4.78 is 1.46. The Labute approximate surface area is 107 Å². The van der Waals surface area contributed by atoms with Crippen LogP contribution >= 0.6 is 11.3 Å². The summed E-state index contributed by atoms with van der Waals surface area (Å²) in [5.41, 5.74) is 3.03. The maximum atomic E-state index is 3.47. The van der Waals surface area contributed by atoms with Crippen LogP contribution in [0.1, 0.15) is 41.7 Å². The molecule has 0 aliphatic heterocycles. The summed E-state index contributed by atoms with van der Waals surface area (Å²) in [6, 6.07) is 6.89. The molecule has 1 saturated carbocycles. The van der Waals surface area contributed by atoms with Crippen molar-refractivity contribution in [3.05, 3.63) is 34.2 Å². The van der Waals surface area contributed by atoms with E-state index >= 15 is 0 Å². The molecule has 90 valence electrons. The molecule has 1 aliphatic carbocycles. The molecule has 0 amide bonds. The standard InChI is InChI=1S/C15H19NS/c1-3-16-9-14-15(11-5-6-11)12-8-10(2)4-7-13(12)17-14/h4,7-8,11,16H,3,5-6,9H2,1-2H3. The van der Waals surface area contributed by atoms with Crippen molar-refractivity contribution in [1.82, 2.24) is 5.32 Å². The monoisotopic (exact) mass is 245 g/mol. The first-order valence-electron chi connectivity index (χ1n) is 6.52. The summed E-state index contributed by atoms with van der Waals surface area (Å²) in [7, 11) is 0. The molecule has 1 heterocycles. The van der Waals surface area contributed by atoms with Crippen LogP contribution in [0.3, 0.4) is 0 Å². The van der Waals surface area contributed by atoms with Gasteiger partial charge in [-0.25, -0.2) is 0 Å². The average Bonchev–Trinajstić information content (AvgIpc) is 3.08. The van der Waals surface area contributed by atoms with E-state index in [4.69, 9.17) is 0 Å². The molecule has 2 aromatic rings. The van der Waals surface area contributed by atoms with Gasteiger partial charge in [-0.1, -0.05) is 24.6 Å². The van der Waals surface area contributed by atoms with Gasteiger partial charge in [-0.15, -0.1) is 11.3 Å². The number of rotatable bonds is 4. The lowest BCUT2D eigenvalue weighted by Crippen LogP contribution is -2.11. The van der Waals surface area contributed by atoms with Crippen LogP contribution in [0.2, 0.25) is 0 Å². The molecule has 0 saturated heterocycles. The number of nitrogens with one attached hydrogen (secondary N) is 1.